The molecule has 1 aliphatic heterocycles. The molecule has 1 aliphatic rings. The number of nitrogens with one attached hydrogen (secondary N) is 1. The Morgan fingerprint density at radius 1 is 1.54 bits per heavy atom. The molecular weight excluding hydrogens is 186 g/mol. The molecule has 13 heavy (non-hydrogen) atoms. The van der Waals surface area contributed by atoms with E-state index in [1.54, 1.807) is 0 Å². The molecule has 1 fully saturated rings. The molecule has 1 N–H and O–H groups in total. The molecule has 0 bridgehead atoms. The Balaban J connectivity index is 2.38. The summed E-state index contributed by atoms with van der Waals surface area (Å²) >= 11 is 6.09. The zero-order chi connectivity index (χ0) is 9.42. The normalized spacial score (nSPS) is 15.8. The summed E-state index contributed by atoms with van der Waals surface area (Å²) in [6.45, 7) is 3.87. The maximum atomic E-state index is 6.09. The van der Waals surface area contributed by atoms with Crippen LogP contribution < -0.4 is 5.32 Å². The van der Waals surface area contributed by atoms with E-state index in [1.165, 1.54) is 5.57 Å². The number of hydrogen-bond acceptors (Lipinski definition) is 2. The molecule has 1 aromatic heterocycles. The van der Waals surface area contributed by atoms with Crippen molar-refractivity contribution in [3.05, 3.63) is 22.0 Å². The van der Waals surface area contributed by atoms with Gasteiger partial charge in [-0.05, 0) is 18.6 Å². The van der Waals surface area contributed by atoms with E-state index in [0.29, 0.717) is 0 Å². The molecule has 4 heteroatoms. The monoisotopic (exact) mass is 197 g/mol. The average Bonchev–Trinajstić information content (AvgIpc) is 2.21. The van der Waals surface area contributed by atoms with Gasteiger partial charge in [0.15, 0.2) is 0 Å². The van der Waals surface area contributed by atoms with Crippen molar-refractivity contribution in [1.29, 1.82) is 0 Å². The quantitative estimate of drug-likeness (QED) is 0.737. The fraction of sp³-hybridized carbons (Fsp3) is 0.444. The van der Waals surface area contributed by atoms with Gasteiger partial charge in [0.05, 0.1) is 16.4 Å². The molecule has 70 valence electrons. The predicted octanol–water partition coefficient (Wildman–Crippen LogP) is 1.37. The van der Waals surface area contributed by atoms with Crippen LogP contribution in [0.3, 0.4) is 0 Å². The van der Waals surface area contributed by atoms with E-state index in [2.05, 4.69) is 16.5 Å². The van der Waals surface area contributed by atoms with E-state index in [9.17, 15) is 0 Å². The molecule has 0 unspecified atom stereocenters. The smallest absolute Gasteiger partial charge is 0.0888 e. The maximum absolute atomic E-state index is 6.09. The van der Waals surface area contributed by atoms with Gasteiger partial charge in [-0.25, -0.2) is 0 Å². The summed E-state index contributed by atoms with van der Waals surface area (Å²) in [6, 6.07) is 0. The van der Waals surface area contributed by atoms with Crippen LogP contribution >= 0.6 is 11.6 Å². The van der Waals surface area contributed by atoms with Crippen molar-refractivity contribution < 1.29 is 0 Å². The van der Waals surface area contributed by atoms with Crippen LogP contribution in [-0.2, 0) is 7.05 Å². The molecule has 0 saturated carbocycles. The summed E-state index contributed by atoms with van der Waals surface area (Å²) in [5.41, 5.74) is 3.28. The highest BCUT2D eigenvalue weighted by molar-refractivity contribution is 6.32. The van der Waals surface area contributed by atoms with Crippen LogP contribution in [0.25, 0.3) is 6.08 Å². The van der Waals surface area contributed by atoms with Crippen LogP contribution in [0.4, 0.5) is 0 Å². The van der Waals surface area contributed by atoms with Crippen molar-refractivity contribution in [3.63, 3.8) is 0 Å². The van der Waals surface area contributed by atoms with E-state index in [-0.39, 0.29) is 0 Å². The first-order chi connectivity index (χ1) is 6.18. The number of halogens is 1. The van der Waals surface area contributed by atoms with Crippen LogP contribution in [0.2, 0.25) is 5.02 Å². The largest absolute Gasteiger partial charge is 0.309 e. The van der Waals surface area contributed by atoms with Crippen molar-refractivity contribution in [2.45, 2.75) is 6.92 Å². The number of rotatable bonds is 1. The van der Waals surface area contributed by atoms with Gasteiger partial charge in [-0.3, -0.25) is 4.68 Å². The van der Waals surface area contributed by atoms with Crippen molar-refractivity contribution in [3.8, 4) is 0 Å². The lowest BCUT2D eigenvalue weighted by molar-refractivity contribution is 0.672. The molecule has 3 nitrogen and oxygen atoms in total. The lowest BCUT2D eigenvalue weighted by Gasteiger charge is -2.18. The summed E-state index contributed by atoms with van der Waals surface area (Å²) in [4.78, 5) is 0. The van der Waals surface area contributed by atoms with E-state index < -0.39 is 0 Å². The first kappa shape index (κ1) is 8.78. The summed E-state index contributed by atoms with van der Waals surface area (Å²) in [7, 11) is 1.91. The van der Waals surface area contributed by atoms with Crippen LogP contribution in [0.15, 0.2) is 5.57 Å². The summed E-state index contributed by atoms with van der Waals surface area (Å²) in [5, 5.41) is 8.19. The molecule has 0 radical (unpaired) electrons. The predicted molar refractivity (Wildman–Crippen MR) is 53.8 cm³/mol. The number of aryl methyl sites for hydroxylation is 2. The third-order valence-electron chi connectivity index (χ3n) is 2.24. The first-order valence-electron chi connectivity index (χ1n) is 4.27. The second kappa shape index (κ2) is 3.16. The van der Waals surface area contributed by atoms with Gasteiger partial charge in [0.1, 0.15) is 0 Å². The third-order valence-corrected chi connectivity index (χ3v) is 2.70. The third kappa shape index (κ3) is 1.49. The standard InChI is InChI=1S/C9H12ClN3/c1-6-9(10)8(13(2)12-6)3-7-4-11-5-7/h3,11H,4-5H2,1-2H3. The Labute approximate surface area is 82.4 Å². The van der Waals surface area contributed by atoms with Crippen molar-refractivity contribution in [1.82, 2.24) is 15.1 Å². The second-order valence-corrected chi connectivity index (χ2v) is 3.69. The lowest BCUT2D eigenvalue weighted by Crippen LogP contribution is -2.33. The van der Waals surface area contributed by atoms with E-state index in [1.807, 2.05) is 18.7 Å². The summed E-state index contributed by atoms with van der Waals surface area (Å²) in [5.74, 6) is 0. The van der Waals surface area contributed by atoms with Gasteiger partial charge in [-0.2, -0.15) is 5.10 Å². The van der Waals surface area contributed by atoms with Crippen LogP contribution in [0.1, 0.15) is 11.4 Å². The SMILES string of the molecule is Cc1nn(C)c(C=C2CNC2)c1Cl. The van der Waals surface area contributed by atoms with E-state index in [4.69, 9.17) is 11.6 Å². The van der Waals surface area contributed by atoms with Crippen LogP contribution in [0.5, 0.6) is 0 Å². The minimum absolute atomic E-state index is 0.766. The van der Waals surface area contributed by atoms with Gasteiger partial charge in [-0.15, -0.1) is 0 Å². The number of aromatic nitrogens is 2. The highest BCUT2D eigenvalue weighted by atomic mass is 35.5. The molecule has 2 rings (SSSR count). The zero-order valence-electron chi connectivity index (χ0n) is 7.76. The van der Waals surface area contributed by atoms with Crippen molar-refractivity contribution in [2.75, 3.05) is 13.1 Å². The Bertz CT molecular complexity index is 359. The minimum Gasteiger partial charge on any atom is -0.309 e. The van der Waals surface area contributed by atoms with Gasteiger partial charge in [0.2, 0.25) is 0 Å². The number of hydrogen-bond donors (Lipinski definition) is 1. The number of nitrogens with zero attached hydrogens (tertiary/aromatic N) is 2. The highest BCUT2D eigenvalue weighted by Gasteiger charge is 2.12. The second-order valence-electron chi connectivity index (χ2n) is 3.31. The fourth-order valence-electron chi connectivity index (χ4n) is 1.37. The molecule has 1 saturated heterocycles. The van der Waals surface area contributed by atoms with E-state index >= 15 is 0 Å². The van der Waals surface area contributed by atoms with E-state index in [0.717, 1.165) is 29.5 Å². The topological polar surface area (TPSA) is 29.9 Å². The Hall–Kier alpha value is -0.800. The van der Waals surface area contributed by atoms with Crippen molar-refractivity contribution in [2.24, 2.45) is 7.05 Å². The molecule has 1 aromatic rings. The lowest BCUT2D eigenvalue weighted by atomic mass is 10.1. The molecule has 2 heterocycles. The Morgan fingerprint density at radius 2 is 2.23 bits per heavy atom. The zero-order valence-corrected chi connectivity index (χ0v) is 8.52. The van der Waals surface area contributed by atoms with Crippen molar-refractivity contribution >= 4 is 17.7 Å². The maximum Gasteiger partial charge on any atom is 0.0888 e. The minimum atomic E-state index is 0.766. The van der Waals surface area contributed by atoms with Gasteiger partial charge < -0.3 is 5.32 Å². The molecule has 0 amide bonds. The fourth-order valence-corrected chi connectivity index (χ4v) is 1.59. The molecule has 0 atom stereocenters. The Kier molecular flexibility index (Phi) is 2.14. The molecule has 0 aliphatic carbocycles. The molecule has 0 aromatic carbocycles. The van der Waals surface area contributed by atoms with Crippen LogP contribution in [-0.4, -0.2) is 22.9 Å². The molecular formula is C9H12ClN3. The van der Waals surface area contributed by atoms with Gasteiger partial charge in [0, 0.05) is 20.1 Å². The highest BCUT2D eigenvalue weighted by Crippen LogP contribution is 2.22. The average molecular weight is 198 g/mol. The van der Waals surface area contributed by atoms with Gasteiger partial charge >= 0.3 is 0 Å². The summed E-state index contributed by atoms with van der Waals surface area (Å²) in [6.07, 6.45) is 2.11. The summed E-state index contributed by atoms with van der Waals surface area (Å²) < 4.78 is 1.82. The van der Waals surface area contributed by atoms with Gasteiger partial charge in [0.25, 0.3) is 0 Å². The van der Waals surface area contributed by atoms with Crippen LogP contribution in [0, 0.1) is 6.92 Å². The Morgan fingerprint density at radius 3 is 2.62 bits per heavy atom. The molecule has 0 spiro atoms. The first-order valence-corrected chi connectivity index (χ1v) is 4.65. The van der Waals surface area contributed by atoms with Gasteiger partial charge in [-0.1, -0.05) is 11.6 Å².